The molecule has 0 spiro atoms. The van der Waals surface area contributed by atoms with Crippen molar-refractivity contribution in [2.75, 3.05) is 6.61 Å². The summed E-state index contributed by atoms with van der Waals surface area (Å²) >= 11 is 6.32. The lowest BCUT2D eigenvalue weighted by molar-refractivity contribution is 0.101. The first-order valence-corrected chi connectivity index (χ1v) is 18.0. The molecule has 1 saturated carbocycles. The van der Waals surface area contributed by atoms with Gasteiger partial charge < -0.3 is 13.4 Å². The third-order valence-corrected chi connectivity index (χ3v) is 17.5. The number of hydrogen-bond acceptors (Lipinski definition) is 4. The number of aromatic nitrogens is 3. The lowest BCUT2D eigenvalue weighted by Gasteiger charge is -2.41. The maximum atomic E-state index is 6.99. The first-order valence-electron chi connectivity index (χ1n) is 11.8. The van der Waals surface area contributed by atoms with E-state index in [4.69, 9.17) is 20.5 Å². The van der Waals surface area contributed by atoms with Gasteiger partial charge in [0.1, 0.15) is 17.1 Å². The molecule has 0 aliphatic heterocycles. The third kappa shape index (κ3) is 5.17. The van der Waals surface area contributed by atoms with E-state index in [0.29, 0.717) is 17.1 Å². The molecule has 8 heteroatoms. The van der Waals surface area contributed by atoms with Gasteiger partial charge in [0.25, 0.3) is 0 Å². The topological polar surface area (TPSA) is 49.2 Å². The van der Waals surface area contributed by atoms with E-state index >= 15 is 0 Å². The van der Waals surface area contributed by atoms with E-state index in [1.165, 1.54) is 0 Å². The fourth-order valence-electron chi connectivity index (χ4n) is 3.93. The van der Waals surface area contributed by atoms with Crippen LogP contribution in [0.1, 0.15) is 60.4 Å². The van der Waals surface area contributed by atoms with Gasteiger partial charge in [0.15, 0.2) is 16.6 Å². The normalized spacial score (nSPS) is 23.3. The summed E-state index contributed by atoms with van der Waals surface area (Å²) in [6.07, 6.45) is 5.86. The molecule has 2 aromatic rings. The summed E-state index contributed by atoms with van der Waals surface area (Å²) < 4.78 is 16.0. The standard InChI is InChI=1S/C24H42ClN3O2Si2/c1-23(2,3)31(7,8)29-15-17-13-18(14-20(17)30-32(9,10)24(4,5)6)28-12-11-19-21(25)26-16-27-22(19)28/h11-12,16-18,20H,13-15H2,1-10H3/t17-,18+,20?/m0/s1. The highest BCUT2D eigenvalue weighted by atomic mass is 35.5. The van der Waals surface area contributed by atoms with Gasteiger partial charge in [-0.2, -0.15) is 0 Å². The Morgan fingerprint density at radius 1 is 1.00 bits per heavy atom. The summed E-state index contributed by atoms with van der Waals surface area (Å²) in [6.45, 7) is 24.0. The lowest BCUT2D eigenvalue weighted by Crippen LogP contribution is -2.46. The Bertz CT molecular complexity index is 947. The van der Waals surface area contributed by atoms with E-state index in [-0.39, 0.29) is 16.2 Å². The minimum atomic E-state index is -1.90. The van der Waals surface area contributed by atoms with Crippen LogP contribution in [0, 0.1) is 5.92 Å². The van der Waals surface area contributed by atoms with Crippen molar-refractivity contribution in [3.05, 3.63) is 23.7 Å². The van der Waals surface area contributed by atoms with Crippen LogP contribution in [0.4, 0.5) is 0 Å². The Morgan fingerprint density at radius 3 is 2.22 bits per heavy atom. The van der Waals surface area contributed by atoms with Crippen molar-refractivity contribution < 1.29 is 8.85 Å². The second-order valence-electron chi connectivity index (χ2n) is 12.5. The summed E-state index contributed by atoms with van der Waals surface area (Å²) in [5.74, 6) is 0.373. The van der Waals surface area contributed by atoms with E-state index in [2.05, 4.69) is 88.5 Å². The Balaban J connectivity index is 1.87. The van der Waals surface area contributed by atoms with Gasteiger partial charge >= 0.3 is 0 Å². The van der Waals surface area contributed by atoms with E-state index in [1.54, 1.807) is 6.33 Å². The molecule has 0 amide bonds. The highest BCUT2D eigenvalue weighted by Crippen LogP contribution is 2.45. The molecule has 1 unspecified atom stereocenters. The third-order valence-electron chi connectivity index (χ3n) is 8.18. The van der Waals surface area contributed by atoms with Gasteiger partial charge in [-0.3, -0.25) is 0 Å². The molecule has 0 aromatic carbocycles. The zero-order valence-electron chi connectivity index (χ0n) is 21.6. The van der Waals surface area contributed by atoms with Gasteiger partial charge in [0.05, 0.1) is 11.5 Å². The average Bonchev–Trinajstić information content (AvgIpc) is 3.22. The SMILES string of the molecule is CC(C)(C)[Si](C)(C)OC[C@@H]1C[C@@H](n2ccc3c(Cl)ncnc32)CC1O[Si](C)(C)C(C)(C)C. The zero-order valence-corrected chi connectivity index (χ0v) is 24.4. The van der Waals surface area contributed by atoms with Gasteiger partial charge in [0.2, 0.25) is 0 Å². The van der Waals surface area contributed by atoms with Crippen LogP contribution in [0.3, 0.4) is 0 Å². The Labute approximate surface area is 201 Å². The van der Waals surface area contributed by atoms with Gasteiger partial charge in [-0.1, -0.05) is 53.1 Å². The maximum absolute atomic E-state index is 6.99. The average molecular weight is 496 g/mol. The van der Waals surface area contributed by atoms with Gasteiger partial charge in [0, 0.05) is 24.8 Å². The van der Waals surface area contributed by atoms with Crippen LogP contribution in [-0.2, 0) is 8.85 Å². The minimum Gasteiger partial charge on any atom is -0.416 e. The highest BCUT2D eigenvalue weighted by Gasteiger charge is 2.46. The number of halogens is 1. The number of hydrogen-bond donors (Lipinski definition) is 0. The highest BCUT2D eigenvalue weighted by molar-refractivity contribution is 6.74. The van der Waals surface area contributed by atoms with Crippen molar-refractivity contribution in [2.24, 2.45) is 5.92 Å². The molecule has 32 heavy (non-hydrogen) atoms. The lowest BCUT2D eigenvalue weighted by atomic mass is 10.1. The van der Waals surface area contributed by atoms with Crippen molar-refractivity contribution in [1.29, 1.82) is 0 Å². The van der Waals surface area contributed by atoms with Crippen molar-refractivity contribution in [3.63, 3.8) is 0 Å². The van der Waals surface area contributed by atoms with Gasteiger partial charge in [-0.15, -0.1) is 0 Å². The fourth-order valence-corrected chi connectivity index (χ4v) is 6.58. The van der Waals surface area contributed by atoms with Crippen molar-refractivity contribution in [1.82, 2.24) is 14.5 Å². The van der Waals surface area contributed by atoms with Crippen molar-refractivity contribution in [2.45, 2.75) is 103 Å². The van der Waals surface area contributed by atoms with Crippen LogP contribution in [0.15, 0.2) is 18.6 Å². The maximum Gasteiger partial charge on any atom is 0.192 e. The first kappa shape index (κ1) is 25.9. The van der Waals surface area contributed by atoms with E-state index < -0.39 is 16.6 Å². The molecule has 1 fully saturated rings. The van der Waals surface area contributed by atoms with Crippen LogP contribution in [0.2, 0.25) is 41.4 Å². The van der Waals surface area contributed by atoms with Crippen LogP contribution in [-0.4, -0.2) is 43.9 Å². The molecule has 3 rings (SSSR count). The molecule has 0 N–H and O–H groups in total. The Kier molecular flexibility index (Phi) is 7.12. The molecule has 1 aliphatic carbocycles. The van der Waals surface area contributed by atoms with Crippen LogP contribution >= 0.6 is 11.6 Å². The molecule has 0 saturated heterocycles. The summed E-state index contributed by atoms with van der Waals surface area (Å²) in [7, 11) is -3.73. The smallest absolute Gasteiger partial charge is 0.192 e. The zero-order chi connectivity index (χ0) is 24.1. The van der Waals surface area contributed by atoms with Crippen molar-refractivity contribution >= 4 is 39.3 Å². The van der Waals surface area contributed by atoms with Gasteiger partial charge in [-0.25, -0.2) is 9.97 Å². The molecule has 2 heterocycles. The largest absolute Gasteiger partial charge is 0.416 e. The predicted molar refractivity (Wildman–Crippen MR) is 140 cm³/mol. The number of nitrogens with zero attached hydrogens (tertiary/aromatic N) is 3. The quantitative estimate of drug-likeness (QED) is 0.308. The monoisotopic (exact) mass is 495 g/mol. The number of rotatable bonds is 6. The van der Waals surface area contributed by atoms with Crippen LogP contribution in [0.5, 0.6) is 0 Å². The molecule has 0 radical (unpaired) electrons. The minimum absolute atomic E-state index is 0.177. The molecule has 0 bridgehead atoms. The molecular formula is C24H42ClN3O2Si2. The Hall–Kier alpha value is -0.736. The summed E-state index contributed by atoms with van der Waals surface area (Å²) in [4.78, 5) is 8.68. The Morgan fingerprint density at radius 2 is 1.62 bits per heavy atom. The second kappa shape index (κ2) is 8.80. The van der Waals surface area contributed by atoms with E-state index in [0.717, 1.165) is 30.5 Å². The fraction of sp³-hybridized carbons (Fsp3) is 0.750. The number of fused-ring (bicyclic) bond motifs is 1. The molecule has 1 aliphatic rings. The molecule has 5 nitrogen and oxygen atoms in total. The molecular weight excluding hydrogens is 454 g/mol. The second-order valence-corrected chi connectivity index (χ2v) is 22.4. The van der Waals surface area contributed by atoms with Crippen LogP contribution in [0.25, 0.3) is 11.0 Å². The summed E-state index contributed by atoms with van der Waals surface area (Å²) in [5.41, 5.74) is 0.909. The summed E-state index contributed by atoms with van der Waals surface area (Å²) in [5, 5.41) is 1.80. The molecule has 2 aromatic heterocycles. The predicted octanol–water partition coefficient (Wildman–Crippen LogP) is 7.45. The summed E-state index contributed by atoms with van der Waals surface area (Å²) in [6, 6.07) is 2.35. The first-order chi connectivity index (χ1) is 14.5. The molecule has 3 atom stereocenters. The van der Waals surface area contributed by atoms with E-state index in [9.17, 15) is 0 Å². The molecule has 180 valence electrons. The van der Waals surface area contributed by atoms with Crippen LogP contribution < -0.4 is 0 Å². The van der Waals surface area contributed by atoms with Gasteiger partial charge in [-0.05, 0) is 55.2 Å². The van der Waals surface area contributed by atoms with Crippen molar-refractivity contribution in [3.8, 4) is 0 Å². The van der Waals surface area contributed by atoms with E-state index in [1.807, 2.05) is 6.07 Å².